The molecule has 3 rings (SSSR count). The van der Waals surface area contributed by atoms with E-state index in [4.69, 9.17) is 22.1 Å². The number of nitrogens with one attached hydrogen (secondary N) is 1. The zero-order valence-electron chi connectivity index (χ0n) is 14.6. The number of imidazole rings is 1. The van der Waals surface area contributed by atoms with Crippen LogP contribution in [0.2, 0.25) is 5.02 Å². The van der Waals surface area contributed by atoms with Crippen molar-refractivity contribution in [1.82, 2.24) is 14.5 Å². The van der Waals surface area contributed by atoms with Crippen molar-refractivity contribution >= 4 is 17.4 Å². The molecule has 0 unspecified atom stereocenters. The molecular weight excluding hydrogens is 380 g/mol. The van der Waals surface area contributed by atoms with Crippen molar-refractivity contribution in [2.45, 2.75) is 13.0 Å². The number of aromatic amines is 1. The first kappa shape index (κ1) is 19.0. The molecule has 140 valence electrons. The van der Waals surface area contributed by atoms with E-state index in [1.165, 1.54) is 0 Å². The first-order valence-corrected chi connectivity index (χ1v) is 8.67. The maximum Gasteiger partial charge on any atom is 0.268 e. The fourth-order valence-corrected chi connectivity index (χ4v) is 2.96. The lowest BCUT2D eigenvalue weighted by atomic mass is 9.96. The van der Waals surface area contributed by atoms with Crippen LogP contribution in [0.1, 0.15) is 17.5 Å². The third-order valence-corrected chi connectivity index (χ3v) is 4.29. The third-order valence-electron chi connectivity index (χ3n) is 4.06. The van der Waals surface area contributed by atoms with Gasteiger partial charge in [-0.05, 0) is 24.6 Å². The van der Waals surface area contributed by atoms with E-state index in [0.717, 1.165) is 0 Å². The van der Waals surface area contributed by atoms with Gasteiger partial charge in [0.15, 0.2) is 0 Å². The number of nitrogens with two attached hydrogens (primary N) is 1. The fraction of sp³-hybridized carbons (Fsp3) is 0.158. The van der Waals surface area contributed by atoms with Crippen LogP contribution in [0.5, 0.6) is 5.75 Å². The summed E-state index contributed by atoms with van der Waals surface area (Å²) in [5.41, 5.74) is 5.34. The van der Waals surface area contributed by atoms with Crippen molar-refractivity contribution in [2.24, 2.45) is 0 Å². The largest absolute Gasteiger partial charge is 0.493 e. The van der Waals surface area contributed by atoms with Crippen LogP contribution < -0.4 is 16.0 Å². The van der Waals surface area contributed by atoms with Gasteiger partial charge in [-0.1, -0.05) is 11.6 Å². The second-order valence-corrected chi connectivity index (χ2v) is 6.30. The molecule has 1 aromatic carbocycles. The van der Waals surface area contributed by atoms with Gasteiger partial charge >= 0.3 is 0 Å². The van der Waals surface area contributed by atoms with Gasteiger partial charge < -0.3 is 20.0 Å². The number of nitrogens with zero attached hydrogens (tertiary/aromatic N) is 4. The van der Waals surface area contributed by atoms with Crippen molar-refractivity contribution in [3.63, 3.8) is 0 Å². The Morgan fingerprint density at radius 1 is 1.29 bits per heavy atom. The number of benzene rings is 1. The quantitative estimate of drug-likeness (QED) is 0.617. The minimum atomic E-state index is -0.681. The van der Waals surface area contributed by atoms with Gasteiger partial charge in [-0.3, -0.25) is 4.79 Å². The molecule has 0 bridgehead atoms. The molecule has 0 radical (unpaired) electrons. The maximum absolute atomic E-state index is 12.2. The monoisotopic (exact) mass is 394 g/mol. The molecule has 0 atom stereocenters. The average Bonchev–Trinajstić information content (AvgIpc) is 3.19. The van der Waals surface area contributed by atoms with Crippen molar-refractivity contribution in [1.29, 1.82) is 10.5 Å². The summed E-state index contributed by atoms with van der Waals surface area (Å²) in [4.78, 5) is 18.5. The average molecular weight is 395 g/mol. The summed E-state index contributed by atoms with van der Waals surface area (Å²) < 4.78 is 7.78. The summed E-state index contributed by atoms with van der Waals surface area (Å²) in [5.74, 6) is 0.278. The summed E-state index contributed by atoms with van der Waals surface area (Å²) in [7, 11) is 0. The Hall–Kier alpha value is -3.75. The molecule has 2 aromatic heterocycles. The van der Waals surface area contributed by atoms with E-state index in [1.54, 1.807) is 30.7 Å². The van der Waals surface area contributed by atoms with Crippen LogP contribution in [0.15, 0.2) is 41.7 Å². The van der Waals surface area contributed by atoms with E-state index in [9.17, 15) is 15.3 Å². The molecule has 9 heteroatoms. The van der Waals surface area contributed by atoms with Crippen LogP contribution in [0, 0.1) is 22.7 Å². The Labute approximate surface area is 165 Å². The lowest BCUT2D eigenvalue weighted by molar-refractivity contribution is 0.303. The number of halogens is 1. The smallest absolute Gasteiger partial charge is 0.268 e. The lowest BCUT2D eigenvalue weighted by Crippen LogP contribution is -2.16. The highest BCUT2D eigenvalue weighted by Crippen LogP contribution is 2.37. The second kappa shape index (κ2) is 8.30. The highest BCUT2D eigenvalue weighted by molar-refractivity contribution is 6.31. The number of nitriles is 2. The molecule has 0 spiro atoms. The molecule has 3 aromatic rings. The van der Waals surface area contributed by atoms with Crippen molar-refractivity contribution in [2.75, 3.05) is 12.3 Å². The van der Waals surface area contributed by atoms with Crippen molar-refractivity contribution in [3.8, 4) is 29.0 Å². The SMILES string of the molecule is N#Cc1c(N)[nH]c(=O)c(C#N)c1-c1cc(Cl)ccc1OCCCn1ccnc1. The summed E-state index contributed by atoms with van der Waals surface area (Å²) in [6.45, 7) is 1.09. The zero-order valence-corrected chi connectivity index (χ0v) is 15.4. The van der Waals surface area contributed by atoms with E-state index in [0.29, 0.717) is 35.9 Å². The van der Waals surface area contributed by atoms with Gasteiger partial charge in [0, 0.05) is 35.1 Å². The number of nitrogen functional groups attached to an aromatic ring is 1. The van der Waals surface area contributed by atoms with Crippen LogP contribution in [0.3, 0.4) is 0 Å². The molecule has 0 fully saturated rings. The molecule has 3 N–H and O–H groups in total. The van der Waals surface area contributed by atoms with Crippen LogP contribution in [0.4, 0.5) is 5.82 Å². The van der Waals surface area contributed by atoms with Crippen molar-refractivity contribution in [3.05, 3.63) is 63.4 Å². The standard InChI is InChI=1S/C19H15ClN6O2/c20-12-2-3-16(28-7-1-5-26-6-4-24-11-26)13(8-12)17-14(9-21)18(23)25-19(27)15(17)10-22/h2-4,6,8,11H,1,5,7H2,(H3,23,25,27). The van der Waals surface area contributed by atoms with Gasteiger partial charge in [0.2, 0.25) is 0 Å². The molecule has 0 amide bonds. The molecule has 0 aliphatic heterocycles. The van der Waals surface area contributed by atoms with E-state index in [2.05, 4.69) is 9.97 Å². The summed E-state index contributed by atoms with van der Waals surface area (Å²) in [5, 5.41) is 19.3. The number of ether oxygens (including phenoxy) is 1. The first-order valence-electron chi connectivity index (χ1n) is 8.29. The number of hydrogen-bond acceptors (Lipinski definition) is 6. The number of H-pyrrole nitrogens is 1. The maximum atomic E-state index is 12.2. The highest BCUT2D eigenvalue weighted by atomic mass is 35.5. The predicted octanol–water partition coefficient (Wildman–Crippen LogP) is 2.69. The summed E-state index contributed by atoms with van der Waals surface area (Å²) in [6.07, 6.45) is 5.96. The minimum Gasteiger partial charge on any atom is -0.493 e. The number of pyridine rings is 1. The van der Waals surface area contributed by atoms with Gasteiger partial charge in [0.05, 0.1) is 12.9 Å². The van der Waals surface area contributed by atoms with E-state index in [1.807, 2.05) is 22.9 Å². The van der Waals surface area contributed by atoms with Crippen molar-refractivity contribution < 1.29 is 4.74 Å². The molecule has 0 saturated heterocycles. The topological polar surface area (TPSA) is 134 Å². The first-order chi connectivity index (χ1) is 13.5. The molecule has 2 heterocycles. The number of anilines is 1. The van der Waals surface area contributed by atoms with Crippen LogP contribution in [0.25, 0.3) is 11.1 Å². The summed E-state index contributed by atoms with van der Waals surface area (Å²) >= 11 is 6.12. The molecule has 8 nitrogen and oxygen atoms in total. The Bertz CT molecular complexity index is 1140. The number of rotatable bonds is 6. The highest BCUT2D eigenvalue weighted by Gasteiger charge is 2.21. The number of aromatic nitrogens is 3. The summed E-state index contributed by atoms with van der Waals surface area (Å²) in [6, 6.07) is 8.59. The normalized spacial score (nSPS) is 10.2. The zero-order chi connectivity index (χ0) is 20.1. The second-order valence-electron chi connectivity index (χ2n) is 5.86. The molecular formula is C19H15ClN6O2. The van der Waals surface area contributed by atoms with Gasteiger partial charge in [-0.15, -0.1) is 0 Å². The van der Waals surface area contributed by atoms with Gasteiger partial charge in [-0.25, -0.2) is 4.98 Å². The Balaban J connectivity index is 1.99. The van der Waals surface area contributed by atoms with Gasteiger partial charge in [0.25, 0.3) is 5.56 Å². The van der Waals surface area contributed by atoms with Crippen LogP contribution in [-0.2, 0) is 6.54 Å². The molecule has 0 aliphatic carbocycles. The van der Waals surface area contributed by atoms with E-state index >= 15 is 0 Å². The third kappa shape index (κ3) is 3.83. The van der Waals surface area contributed by atoms with Gasteiger partial charge in [-0.2, -0.15) is 10.5 Å². The predicted molar refractivity (Wildman–Crippen MR) is 104 cm³/mol. The Morgan fingerprint density at radius 2 is 2.07 bits per heavy atom. The molecule has 0 saturated carbocycles. The number of hydrogen-bond donors (Lipinski definition) is 2. The molecule has 28 heavy (non-hydrogen) atoms. The van der Waals surface area contributed by atoms with Crippen LogP contribution in [-0.4, -0.2) is 21.1 Å². The minimum absolute atomic E-state index is 0.0123. The Kier molecular flexibility index (Phi) is 5.64. The van der Waals surface area contributed by atoms with E-state index in [-0.39, 0.29) is 22.5 Å². The van der Waals surface area contributed by atoms with Crippen LogP contribution >= 0.6 is 11.6 Å². The molecule has 0 aliphatic rings. The lowest BCUT2D eigenvalue weighted by Gasteiger charge is -2.15. The van der Waals surface area contributed by atoms with E-state index < -0.39 is 5.56 Å². The fourth-order valence-electron chi connectivity index (χ4n) is 2.78. The Morgan fingerprint density at radius 3 is 2.75 bits per heavy atom. The van der Waals surface area contributed by atoms with Gasteiger partial charge in [0.1, 0.15) is 34.8 Å². The number of aryl methyl sites for hydroxylation is 1.